The fourth-order valence-corrected chi connectivity index (χ4v) is 3.32. The molecular weight excluding hydrogens is 367 g/mol. The fraction of sp³-hybridized carbons (Fsp3) is 0. The van der Waals surface area contributed by atoms with E-state index in [1.165, 1.54) is 0 Å². The highest BCUT2D eigenvalue weighted by Gasteiger charge is 2.16. The monoisotopic (exact) mass is 378 g/mol. The summed E-state index contributed by atoms with van der Waals surface area (Å²) < 4.78 is 45.8. The molecule has 25 heavy (non-hydrogen) atoms. The Balaban J connectivity index is 1.75. The number of anilines is 1. The molecule has 0 fully saturated rings. The topological polar surface area (TPSA) is 68.3 Å². The van der Waals surface area contributed by atoms with Crippen LogP contribution in [-0.2, 0) is 10.0 Å². The quantitative estimate of drug-likeness (QED) is 0.711. The molecule has 0 aliphatic rings. The lowest BCUT2D eigenvalue weighted by Crippen LogP contribution is -2.13. The molecule has 3 aromatic rings. The number of aromatic nitrogens is 1. The number of sulfonamides is 1. The van der Waals surface area contributed by atoms with E-state index in [1.54, 1.807) is 48.8 Å². The Bertz CT molecular complexity index is 981. The van der Waals surface area contributed by atoms with Crippen LogP contribution in [0.1, 0.15) is 0 Å². The third-order valence-corrected chi connectivity index (χ3v) is 4.86. The smallest absolute Gasteiger partial charge is 0.261 e. The average Bonchev–Trinajstić information content (AvgIpc) is 2.60. The Morgan fingerprint density at radius 1 is 0.960 bits per heavy atom. The van der Waals surface area contributed by atoms with E-state index in [0.717, 1.165) is 18.2 Å². The van der Waals surface area contributed by atoms with Crippen molar-refractivity contribution in [2.75, 3.05) is 4.72 Å². The third kappa shape index (κ3) is 4.26. The number of hydrogen-bond acceptors (Lipinski definition) is 4. The van der Waals surface area contributed by atoms with Gasteiger partial charge in [0.25, 0.3) is 10.0 Å². The molecule has 0 amide bonds. The Labute approximate surface area is 149 Å². The maximum absolute atomic E-state index is 13.2. The minimum atomic E-state index is -3.87. The Kier molecular flexibility index (Phi) is 4.87. The van der Waals surface area contributed by atoms with Crippen LogP contribution in [0.15, 0.2) is 71.9 Å². The number of nitrogens with zero attached hydrogens (tertiary/aromatic N) is 1. The van der Waals surface area contributed by atoms with Crippen LogP contribution in [0.4, 0.5) is 10.1 Å². The molecule has 128 valence electrons. The summed E-state index contributed by atoms with van der Waals surface area (Å²) in [6, 6.07) is 13.0. The number of halogens is 2. The molecule has 1 heterocycles. The van der Waals surface area contributed by atoms with Crippen LogP contribution in [0.5, 0.6) is 11.5 Å². The molecule has 0 atom stereocenters. The maximum atomic E-state index is 13.2. The van der Waals surface area contributed by atoms with Gasteiger partial charge in [-0.05, 0) is 54.6 Å². The highest BCUT2D eigenvalue weighted by molar-refractivity contribution is 7.92. The number of nitrogens with one attached hydrogen (secondary N) is 1. The average molecular weight is 379 g/mol. The van der Waals surface area contributed by atoms with E-state index in [4.69, 9.17) is 16.3 Å². The lowest BCUT2D eigenvalue weighted by Gasteiger charge is -2.10. The Morgan fingerprint density at radius 2 is 1.60 bits per heavy atom. The van der Waals surface area contributed by atoms with Crippen LogP contribution in [0.2, 0.25) is 5.02 Å². The van der Waals surface area contributed by atoms with Crippen LogP contribution in [0, 0.1) is 5.82 Å². The summed E-state index contributed by atoms with van der Waals surface area (Å²) in [5.74, 6) is 0.474. The van der Waals surface area contributed by atoms with Crippen LogP contribution >= 0.6 is 11.6 Å². The predicted octanol–water partition coefficient (Wildman–Crippen LogP) is 4.47. The molecule has 0 spiro atoms. The Hall–Kier alpha value is -2.64. The molecule has 0 radical (unpaired) electrons. The summed E-state index contributed by atoms with van der Waals surface area (Å²) in [5.41, 5.74) is 0.336. The summed E-state index contributed by atoms with van der Waals surface area (Å²) >= 11 is 5.63. The van der Waals surface area contributed by atoms with Crippen LogP contribution < -0.4 is 9.46 Å². The van der Waals surface area contributed by atoms with Gasteiger partial charge in [-0.2, -0.15) is 0 Å². The van der Waals surface area contributed by atoms with Crippen molar-refractivity contribution >= 4 is 27.3 Å². The molecule has 8 heteroatoms. The summed E-state index contributed by atoms with van der Waals surface area (Å²) in [4.78, 5) is 3.76. The van der Waals surface area contributed by atoms with Crippen molar-refractivity contribution in [2.24, 2.45) is 0 Å². The number of hydrogen-bond donors (Lipinski definition) is 1. The van der Waals surface area contributed by atoms with E-state index in [0.29, 0.717) is 17.2 Å². The minimum absolute atomic E-state index is 0.129. The van der Waals surface area contributed by atoms with Gasteiger partial charge in [0.15, 0.2) is 0 Å². The van der Waals surface area contributed by atoms with Gasteiger partial charge in [0.2, 0.25) is 0 Å². The second kappa shape index (κ2) is 7.08. The van der Waals surface area contributed by atoms with Crippen molar-refractivity contribution in [2.45, 2.75) is 4.90 Å². The molecule has 3 rings (SSSR count). The van der Waals surface area contributed by atoms with Crippen LogP contribution in [0.3, 0.4) is 0 Å². The van der Waals surface area contributed by atoms with Crippen LogP contribution in [-0.4, -0.2) is 13.4 Å². The zero-order valence-electron chi connectivity index (χ0n) is 12.7. The first kappa shape index (κ1) is 17.2. The lowest BCUT2D eigenvalue weighted by molar-refractivity contribution is 0.482. The molecule has 0 unspecified atom stereocenters. The van der Waals surface area contributed by atoms with Gasteiger partial charge in [0.05, 0.1) is 9.92 Å². The molecule has 0 aliphatic heterocycles. The van der Waals surface area contributed by atoms with Crippen molar-refractivity contribution in [1.29, 1.82) is 0 Å². The van der Waals surface area contributed by atoms with Gasteiger partial charge in [0, 0.05) is 18.1 Å². The number of benzene rings is 2. The predicted molar refractivity (Wildman–Crippen MR) is 93.0 cm³/mol. The maximum Gasteiger partial charge on any atom is 0.261 e. The summed E-state index contributed by atoms with van der Waals surface area (Å²) in [7, 11) is -3.87. The summed E-state index contributed by atoms with van der Waals surface area (Å²) in [6.07, 6.45) is 3.21. The molecule has 2 aromatic carbocycles. The van der Waals surface area contributed by atoms with Gasteiger partial charge in [-0.3, -0.25) is 9.71 Å². The van der Waals surface area contributed by atoms with Gasteiger partial charge in [-0.1, -0.05) is 11.6 Å². The normalized spacial score (nSPS) is 11.1. The third-order valence-electron chi connectivity index (χ3n) is 3.19. The summed E-state index contributed by atoms with van der Waals surface area (Å²) in [5, 5.41) is -0.260. The molecule has 0 aliphatic carbocycles. The highest BCUT2D eigenvalue weighted by Crippen LogP contribution is 2.25. The van der Waals surface area contributed by atoms with E-state index in [2.05, 4.69) is 9.71 Å². The molecule has 1 N–H and O–H groups in total. The van der Waals surface area contributed by atoms with Crippen molar-refractivity contribution in [3.8, 4) is 11.5 Å². The zero-order valence-corrected chi connectivity index (χ0v) is 14.3. The second-order valence-corrected chi connectivity index (χ2v) is 7.08. The van der Waals surface area contributed by atoms with Crippen LogP contribution in [0.25, 0.3) is 0 Å². The Morgan fingerprint density at radius 3 is 2.24 bits per heavy atom. The SMILES string of the molecule is O=S(=O)(Nc1ccc(Oc2ccncc2)cc1)c1ccc(F)c(Cl)c1. The standard InChI is InChI=1S/C17H12ClFN2O3S/c18-16-11-15(5-6-17(16)19)25(22,23)21-12-1-3-13(4-2-12)24-14-7-9-20-10-8-14/h1-11,21H. The van der Waals surface area contributed by atoms with E-state index in [9.17, 15) is 12.8 Å². The van der Waals surface area contributed by atoms with E-state index in [-0.39, 0.29) is 9.92 Å². The molecule has 0 saturated heterocycles. The van der Waals surface area contributed by atoms with Gasteiger partial charge in [0.1, 0.15) is 17.3 Å². The molecular formula is C17H12ClFN2O3S. The molecule has 5 nitrogen and oxygen atoms in total. The highest BCUT2D eigenvalue weighted by atomic mass is 35.5. The van der Waals surface area contributed by atoms with Crippen molar-refractivity contribution in [3.05, 3.63) is 77.8 Å². The zero-order chi connectivity index (χ0) is 17.9. The number of rotatable bonds is 5. The first-order valence-corrected chi connectivity index (χ1v) is 8.96. The van der Waals surface area contributed by atoms with Gasteiger partial charge >= 0.3 is 0 Å². The minimum Gasteiger partial charge on any atom is -0.457 e. The van der Waals surface area contributed by atoms with Gasteiger partial charge < -0.3 is 4.74 Å². The fourth-order valence-electron chi connectivity index (χ4n) is 1.99. The lowest BCUT2D eigenvalue weighted by atomic mass is 10.3. The van der Waals surface area contributed by atoms with Crippen molar-refractivity contribution in [3.63, 3.8) is 0 Å². The van der Waals surface area contributed by atoms with E-state index >= 15 is 0 Å². The van der Waals surface area contributed by atoms with Crippen molar-refractivity contribution < 1.29 is 17.5 Å². The first-order valence-electron chi connectivity index (χ1n) is 7.10. The van der Waals surface area contributed by atoms with E-state index < -0.39 is 15.8 Å². The number of pyridine rings is 1. The molecule has 0 bridgehead atoms. The van der Waals surface area contributed by atoms with Gasteiger partial charge in [-0.25, -0.2) is 12.8 Å². The van der Waals surface area contributed by atoms with Gasteiger partial charge in [-0.15, -0.1) is 0 Å². The van der Waals surface area contributed by atoms with E-state index in [1.807, 2.05) is 0 Å². The number of ether oxygens (including phenoxy) is 1. The molecule has 0 saturated carbocycles. The first-order chi connectivity index (χ1) is 11.9. The summed E-state index contributed by atoms with van der Waals surface area (Å²) in [6.45, 7) is 0. The van der Waals surface area contributed by atoms with Crippen molar-refractivity contribution in [1.82, 2.24) is 4.98 Å². The molecule has 1 aromatic heterocycles. The second-order valence-electron chi connectivity index (χ2n) is 4.99. The largest absolute Gasteiger partial charge is 0.457 e.